The first-order chi connectivity index (χ1) is 9.67. The summed E-state index contributed by atoms with van der Waals surface area (Å²) in [6.07, 6.45) is 4.46. The Labute approximate surface area is 120 Å². The van der Waals surface area contributed by atoms with Crippen molar-refractivity contribution >= 4 is 5.91 Å². The van der Waals surface area contributed by atoms with Gasteiger partial charge in [-0.2, -0.15) is 0 Å². The highest BCUT2D eigenvalue weighted by Crippen LogP contribution is 2.60. The van der Waals surface area contributed by atoms with Crippen LogP contribution < -0.4 is 5.32 Å². The number of hydrogen-bond donors (Lipinski definition) is 2. The normalized spacial score (nSPS) is 28.8. The zero-order chi connectivity index (χ0) is 14.2. The number of hydrogen-bond acceptors (Lipinski definition) is 2. The number of fused-ring (bicyclic) bond motifs is 2. The molecule has 1 aromatic carbocycles. The van der Waals surface area contributed by atoms with Crippen molar-refractivity contribution in [2.24, 2.45) is 11.8 Å². The molecule has 2 aliphatic carbocycles. The highest BCUT2D eigenvalue weighted by atomic mass is 16.3. The third kappa shape index (κ3) is 2.24. The molecule has 0 aliphatic heterocycles. The van der Waals surface area contributed by atoms with Crippen LogP contribution in [0.3, 0.4) is 0 Å². The molecule has 1 spiro atoms. The molecule has 3 nitrogen and oxygen atoms in total. The van der Waals surface area contributed by atoms with Crippen LogP contribution in [0.2, 0.25) is 0 Å². The number of aryl methyl sites for hydroxylation is 1. The van der Waals surface area contributed by atoms with Crippen LogP contribution in [0.15, 0.2) is 24.3 Å². The Morgan fingerprint density at radius 1 is 1.50 bits per heavy atom. The summed E-state index contributed by atoms with van der Waals surface area (Å²) in [6.45, 7) is 2.64. The van der Waals surface area contributed by atoms with Crippen molar-refractivity contribution in [1.82, 2.24) is 5.32 Å². The lowest BCUT2D eigenvalue weighted by Crippen LogP contribution is -2.33. The Morgan fingerprint density at radius 2 is 2.30 bits per heavy atom. The molecule has 1 aromatic rings. The van der Waals surface area contributed by atoms with Gasteiger partial charge in [0.25, 0.3) is 0 Å². The van der Waals surface area contributed by atoms with Gasteiger partial charge in [0.05, 0.1) is 0 Å². The van der Waals surface area contributed by atoms with Crippen LogP contribution in [-0.4, -0.2) is 24.2 Å². The summed E-state index contributed by atoms with van der Waals surface area (Å²) in [6, 6.07) is 8.60. The Hall–Kier alpha value is -1.35. The van der Waals surface area contributed by atoms with Crippen molar-refractivity contribution in [2.75, 3.05) is 13.2 Å². The minimum atomic E-state index is 0.112. The van der Waals surface area contributed by atoms with E-state index in [-0.39, 0.29) is 29.8 Å². The number of benzene rings is 1. The van der Waals surface area contributed by atoms with Crippen molar-refractivity contribution in [3.8, 4) is 0 Å². The molecular weight excluding hydrogens is 250 g/mol. The van der Waals surface area contributed by atoms with Crippen LogP contribution in [0.1, 0.15) is 37.3 Å². The zero-order valence-electron chi connectivity index (χ0n) is 12.1. The highest BCUT2D eigenvalue weighted by Gasteiger charge is 2.59. The predicted octanol–water partition coefficient (Wildman–Crippen LogP) is 2.03. The van der Waals surface area contributed by atoms with Crippen LogP contribution in [0.4, 0.5) is 0 Å². The first kappa shape index (κ1) is 13.6. The molecule has 0 saturated heterocycles. The molecule has 20 heavy (non-hydrogen) atoms. The SMILES string of the molecule is CC(CO)CNC(=O)C1CC12CCCc1ccccc12. The Bertz CT molecular complexity index is 513. The second-order valence-electron chi connectivity index (χ2n) is 6.46. The second kappa shape index (κ2) is 5.21. The number of nitrogens with one attached hydrogen (secondary N) is 1. The summed E-state index contributed by atoms with van der Waals surface area (Å²) in [7, 11) is 0. The van der Waals surface area contributed by atoms with E-state index in [1.54, 1.807) is 0 Å². The Morgan fingerprint density at radius 3 is 3.10 bits per heavy atom. The quantitative estimate of drug-likeness (QED) is 0.882. The fourth-order valence-corrected chi connectivity index (χ4v) is 3.64. The first-order valence-electron chi connectivity index (χ1n) is 7.64. The predicted molar refractivity (Wildman–Crippen MR) is 78.4 cm³/mol. The summed E-state index contributed by atoms with van der Waals surface area (Å²) in [5, 5.41) is 12.0. The largest absolute Gasteiger partial charge is 0.396 e. The Balaban J connectivity index is 1.70. The highest BCUT2D eigenvalue weighted by molar-refractivity contribution is 5.84. The molecular formula is C17H23NO2. The van der Waals surface area contributed by atoms with Crippen molar-refractivity contribution < 1.29 is 9.90 Å². The van der Waals surface area contributed by atoms with Gasteiger partial charge in [-0.1, -0.05) is 31.2 Å². The van der Waals surface area contributed by atoms with Crippen molar-refractivity contribution in [3.63, 3.8) is 0 Å². The summed E-state index contributed by atoms with van der Waals surface area (Å²) in [4.78, 5) is 12.3. The number of rotatable bonds is 4. The van der Waals surface area contributed by atoms with Crippen LogP contribution in [0.5, 0.6) is 0 Å². The van der Waals surface area contributed by atoms with Gasteiger partial charge in [0.15, 0.2) is 0 Å². The maximum atomic E-state index is 12.3. The number of amides is 1. The van der Waals surface area contributed by atoms with Gasteiger partial charge in [0.1, 0.15) is 0 Å². The summed E-state index contributed by atoms with van der Waals surface area (Å²) < 4.78 is 0. The minimum absolute atomic E-state index is 0.112. The van der Waals surface area contributed by atoms with Crippen LogP contribution in [0, 0.1) is 11.8 Å². The molecule has 1 amide bonds. The van der Waals surface area contributed by atoms with E-state index in [1.165, 1.54) is 17.5 Å². The number of aliphatic hydroxyl groups is 1. The fourth-order valence-electron chi connectivity index (χ4n) is 3.64. The minimum Gasteiger partial charge on any atom is -0.396 e. The lowest BCUT2D eigenvalue weighted by molar-refractivity contribution is -0.123. The van der Waals surface area contributed by atoms with Gasteiger partial charge in [-0.05, 0) is 42.7 Å². The maximum Gasteiger partial charge on any atom is 0.224 e. The molecule has 0 radical (unpaired) electrons. The lowest BCUT2D eigenvalue weighted by Gasteiger charge is -2.26. The molecule has 3 rings (SSSR count). The van der Waals surface area contributed by atoms with E-state index in [2.05, 4.69) is 29.6 Å². The molecule has 0 heterocycles. The molecule has 3 unspecified atom stereocenters. The molecule has 3 atom stereocenters. The molecule has 108 valence electrons. The van der Waals surface area contributed by atoms with Gasteiger partial charge in [0, 0.05) is 24.5 Å². The molecule has 3 heteroatoms. The monoisotopic (exact) mass is 273 g/mol. The van der Waals surface area contributed by atoms with Gasteiger partial charge in [-0.25, -0.2) is 0 Å². The second-order valence-corrected chi connectivity index (χ2v) is 6.46. The number of carbonyl (C=O) groups is 1. The van der Waals surface area contributed by atoms with E-state index in [4.69, 9.17) is 5.11 Å². The molecule has 0 aromatic heterocycles. The van der Waals surface area contributed by atoms with E-state index in [1.807, 2.05) is 6.92 Å². The standard InChI is InChI=1S/C17H23NO2/c1-12(11-19)10-18-16(20)15-9-17(15)8-4-6-13-5-2-3-7-14(13)17/h2-3,5,7,12,15,19H,4,6,8-11H2,1H3,(H,18,20). The smallest absolute Gasteiger partial charge is 0.224 e. The third-order valence-electron chi connectivity index (χ3n) is 4.95. The van der Waals surface area contributed by atoms with Crippen molar-refractivity contribution in [2.45, 2.75) is 38.0 Å². The van der Waals surface area contributed by atoms with Gasteiger partial charge in [-0.3, -0.25) is 4.79 Å². The summed E-state index contributed by atoms with van der Waals surface area (Å²) in [5.74, 6) is 0.434. The van der Waals surface area contributed by atoms with Crippen molar-refractivity contribution in [1.29, 1.82) is 0 Å². The topological polar surface area (TPSA) is 49.3 Å². The van der Waals surface area contributed by atoms with Crippen LogP contribution in [-0.2, 0) is 16.6 Å². The van der Waals surface area contributed by atoms with Gasteiger partial charge in [0.2, 0.25) is 5.91 Å². The van der Waals surface area contributed by atoms with Crippen molar-refractivity contribution in [3.05, 3.63) is 35.4 Å². The van der Waals surface area contributed by atoms with Gasteiger partial charge < -0.3 is 10.4 Å². The average molecular weight is 273 g/mol. The first-order valence-corrected chi connectivity index (χ1v) is 7.64. The van der Waals surface area contributed by atoms with E-state index in [9.17, 15) is 4.79 Å². The lowest BCUT2D eigenvalue weighted by atomic mass is 9.78. The van der Waals surface area contributed by atoms with E-state index >= 15 is 0 Å². The third-order valence-corrected chi connectivity index (χ3v) is 4.95. The number of carbonyl (C=O) groups excluding carboxylic acids is 1. The van der Waals surface area contributed by atoms with E-state index in [0.717, 1.165) is 19.3 Å². The molecule has 0 bridgehead atoms. The van der Waals surface area contributed by atoms with Crippen LogP contribution >= 0.6 is 0 Å². The van der Waals surface area contributed by atoms with Crippen LogP contribution in [0.25, 0.3) is 0 Å². The van der Waals surface area contributed by atoms with Gasteiger partial charge >= 0.3 is 0 Å². The fraction of sp³-hybridized carbons (Fsp3) is 0.588. The van der Waals surface area contributed by atoms with E-state index in [0.29, 0.717) is 6.54 Å². The zero-order valence-corrected chi connectivity index (χ0v) is 12.1. The molecule has 1 saturated carbocycles. The summed E-state index contributed by atoms with van der Waals surface area (Å²) in [5.41, 5.74) is 2.95. The average Bonchev–Trinajstić information content (AvgIpc) is 3.20. The van der Waals surface area contributed by atoms with Gasteiger partial charge in [-0.15, -0.1) is 0 Å². The Kier molecular flexibility index (Phi) is 3.55. The molecule has 2 N–H and O–H groups in total. The molecule has 1 fully saturated rings. The number of aliphatic hydroxyl groups excluding tert-OH is 1. The van der Waals surface area contributed by atoms with E-state index < -0.39 is 0 Å². The summed E-state index contributed by atoms with van der Waals surface area (Å²) >= 11 is 0. The molecule has 2 aliphatic rings. The maximum absolute atomic E-state index is 12.3.